The fourth-order valence-electron chi connectivity index (χ4n) is 10.9. The van der Waals surface area contributed by atoms with Crippen LogP contribution in [0.5, 0.6) is 0 Å². The maximum absolute atomic E-state index is 14.3. The van der Waals surface area contributed by atoms with E-state index in [9.17, 15) is 24.9 Å². The first-order valence-corrected chi connectivity index (χ1v) is 20.8. The highest BCUT2D eigenvalue weighted by atomic mass is 16.5. The molecule has 3 aliphatic carbocycles. The van der Waals surface area contributed by atoms with Crippen LogP contribution < -0.4 is 16.4 Å². The van der Waals surface area contributed by atoms with E-state index in [1.807, 2.05) is 37.3 Å². The molecule has 0 radical (unpaired) electrons. The summed E-state index contributed by atoms with van der Waals surface area (Å²) in [6.07, 6.45) is 13.6. The van der Waals surface area contributed by atoms with Gasteiger partial charge in [-0.2, -0.15) is 0 Å². The zero-order valence-electron chi connectivity index (χ0n) is 33.7. The van der Waals surface area contributed by atoms with E-state index in [-0.39, 0.29) is 61.5 Å². The Balaban J connectivity index is 1.37. The predicted molar refractivity (Wildman–Crippen MR) is 220 cm³/mol. The van der Waals surface area contributed by atoms with Crippen molar-refractivity contribution in [2.45, 2.75) is 122 Å². The molecule has 1 amide bonds. The summed E-state index contributed by atoms with van der Waals surface area (Å²) in [7, 11) is 0. The van der Waals surface area contributed by atoms with E-state index in [4.69, 9.17) is 10.5 Å². The molecule has 7 N–H and O–H groups in total. The normalized spacial score (nSPS) is 33.3. The second kappa shape index (κ2) is 18.3. The number of nitrogens with one attached hydrogen (secondary N) is 2. The molecule has 2 bridgehead atoms. The van der Waals surface area contributed by atoms with Crippen LogP contribution in [0, 0.1) is 35.0 Å². The van der Waals surface area contributed by atoms with E-state index in [0.29, 0.717) is 57.1 Å². The number of hydrogen-bond donors (Lipinski definition) is 6. The number of aliphatic hydroxyl groups is 3. The molecule has 0 saturated heterocycles. The summed E-state index contributed by atoms with van der Waals surface area (Å²) in [6, 6.07) is 5.77. The Morgan fingerprint density at radius 3 is 2.84 bits per heavy atom. The van der Waals surface area contributed by atoms with Crippen molar-refractivity contribution in [3.8, 4) is 11.8 Å². The summed E-state index contributed by atoms with van der Waals surface area (Å²) >= 11 is 0. The van der Waals surface area contributed by atoms with Gasteiger partial charge in [-0.05, 0) is 117 Å². The van der Waals surface area contributed by atoms with Crippen molar-refractivity contribution in [2.24, 2.45) is 28.9 Å². The van der Waals surface area contributed by atoms with Crippen LogP contribution in [-0.4, -0.2) is 71.1 Å². The summed E-state index contributed by atoms with van der Waals surface area (Å²) in [5.41, 5.74) is 11.4. The van der Waals surface area contributed by atoms with Gasteiger partial charge in [0, 0.05) is 36.8 Å². The van der Waals surface area contributed by atoms with Crippen LogP contribution in [0.2, 0.25) is 0 Å². The largest absolute Gasteiger partial charge is 0.396 e. The number of aliphatic hydroxyl groups excluding tert-OH is 2. The topological polar surface area (TPSA) is 154 Å². The van der Waals surface area contributed by atoms with Crippen molar-refractivity contribution in [3.63, 3.8) is 0 Å². The lowest BCUT2D eigenvalue weighted by molar-refractivity contribution is -0.181. The molecule has 6 rings (SSSR count). The van der Waals surface area contributed by atoms with Gasteiger partial charge in [-0.15, -0.1) is 0 Å². The molecule has 5 aliphatic rings. The third-order valence-electron chi connectivity index (χ3n) is 13.6. The predicted octanol–water partition coefficient (Wildman–Crippen LogP) is 5.60. The number of nitrogens with two attached hydrogens (primary N) is 1. The number of benzene rings is 1. The van der Waals surface area contributed by atoms with E-state index >= 15 is 0 Å². The average Bonchev–Trinajstić information content (AvgIpc) is 3.35. The van der Waals surface area contributed by atoms with Crippen LogP contribution in [0.4, 0.5) is 0 Å². The van der Waals surface area contributed by atoms with Crippen molar-refractivity contribution >= 4 is 11.7 Å². The van der Waals surface area contributed by atoms with Crippen molar-refractivity contribution in [1.29, 1.82) is 0 Å². The standard InChI is InChI=1S/C47H63N3O6/c1-5-49-40-20-19-30(2)12-6-7-25-56-29-35(15-8-13-31(40)3)43-34-16-10-22-46(55)23-21-36(39(18-11-24-51)47(46,28-34)44(43)54)32(4)41(52)26-33-14-9-17-37-38(33)27-42(53)50-45(37)48/h8-9,13-15,17,19,34,39-40,43-45,49,51,54-55H,3,5,10-12,16,18,20-29,48H2,1-2,4H3,(H,50,53). The average molecular weight is 766 g/mol. The molecule has 3 fully saturated rings. The van der Waals surface area contributed by atoms with E-state index in [1.165, 1.54) is 5.57 Å². The van der Waals surface area contributed by atoms with Crippen LogP contribution in [0.15, 0.2) is 76.9 Å². The number of allylic oxidation sites excluding steroid dienone is 5. The minimum Gasteiger partial charge on any atom is -0.396 e. The van der Waals surface area contributed by atoms with Crippen LogP contribution in [-0.2, 0) is 27.2 Å². The van der Waals surface area contributed by atoms with Gasteiger partial charge >= 0.3 is 0 Å². The number of hydrogen-bond acceptors (Lipinski definition) is 8. The highest BCUT2D eigenvalue weighted by molar-refractivity contribution is 5.97. The molecule has 8 atom stereocenters. The number of likely N-dealkylation sites (N-methyl/N-ethyl adjacent to an activating group) is 1. The zero-order valence-corrected chi connectivity index (χ0v) is 33.7. The molecule has 9 nitrogen and oxygen atoms in total. The molecular weight excluding hydrogens is 703 g/mol. The Hall–Kier alpha value is -3.62. The van der Waals surface area contributed by atoms with Gasteiger partial charge in [0.1, 0.15) is 12.8 Å². The number of amides is 1. The number of fused-ring (bicyclic) bond motifs is 2. The summed E-state index contributed by atoms with van der Waals surface area (Å²) in [4.78, 5) is 26.8. The summed E-state index contributed by atoms with van der Waals surface area (Å²) in [5.74, 6) is 5.74. The molecule has 2 heterocycles. The van der Waals surface area contributed by atoms with Crippen molar-refractivity contribution in [2.75, 3.05) is 26.4 Å². The number of Topliss-reactive ketones (excluding diaryl/α,β-unsaturated/α-hetero) is 1. The molecule has 1 aromatic rings. The number of rotatable bonds is 9. The first-order chi connectivity index (χ1) is 26.9. The smallest absolute Gasteiger partial charge is 0.225 e. The minimum absolute atomic E-state index is 0.0235. The van der Waals surface area contributed by atoms with Crippen LogP contribution in [0.25, 0.3) is 0 Å². The lowest BCUT2D eigenvalue weighted by atomic mass is 9.51. The van der Waals surface area contributed by atoms with Gasteiger partial charge in [0.05, 0.1) is 24.7 Å². The molecular formula is C47H63N3O6. The monoisotopic (exact) mass is 765 g/mol. The van der Waals surface area contributed by atoms with Gasteiger partial charge in [0.25, 0.3) is 0 Å². The summed E-state index contributed by atoms with van der Waals surface area (Å²) < 4.78 is 6.21. The molecule has 0 aromatic heterocycles. The molecule has 56 heavy (non-hydrogen) atoms. The fraction of sp³-hybridized carbons (Fsp3) is 0.574. The number of ether oxygens (including phenoxy) is 1. The van der Waals surface area contributed by atoms with Gasteiger partial charge < -0.3 is 36.4 Å². The lowest BCUT2D eigenvalue weighted by Crippen LogP contribution is -2.61. The maximum atomic E-state index is 14.3. The molecule has 302 valence electrons. The van der Waals surface area contributed by atoms with Crippen LogP contribution in [0.1, 0.15) is 108 Å². The van der Waals surface area contributed by atoms with Crippen molar-refractivity contribution < 1.29 is 29.6 Å². The minimum atomic E-state index is -1.13. The Morgan fingerprint density at radius 2 is 2.05 bits per heavy atom. The van der Waals surface area contributed by atoms with Gasteiger partial charge in [0.15, 0.2) is 5.78 Å². The first kappa shape index (κ1) is 42.0. The molecule has 3 saturated carbocycles. The Kier molecular flexibility index (Phi) is 13.7. The lowest BCUT2D eigenvalue weighted by Gasteiger charge is -2.57. The number of ketones is 1. The second-order valence-corrected chi connectivity index (χ2v) is 16.9. The van der Waals surface area contributed by atoms with Crippen molar-refractivity contribution in [1.82, 2.24) is 10.6 Å². The third-order valence-corrected chi connectivity index (χ3v) is 13.6. The molecule has 1 spiro atoms. The molecule has 1 aromatic carbocycles. The first-order valence-electron chi connectivity index (χ1n) is 20.8. The second-order valence-electron chi connectivity index (χ2n) is 16.9. The highest BCUT2D eigenvalue weighted by Gasteiger charge is 2.68. The van der Waals surface area contributed by atoms with Gasteiger partial charge in [-0.25, -0.2) is 0 Å². The quantitative estimate of drug-likeness (QED) is 0.108. The Bertz CT molecular complexity index is 1850. The Labute approximate surface area is 333 Å². The van der Waals surface area contributed by atoms with Crippen molar-refractivity contribution in [3.05, 3.63) is 93.6 Å². The van der Waals surface area contributed by atoms with E-state index in [1.54, 1.807) is 0 Å². The van der Waals surface area contributed by atoms with Gasteiger partial charge in [0.2, 0.25) is 5.91 Å². The summed E-state index contributed by atoms with van der Waals surface area (Å²) in [6.45, 7) is 11.9. The molecule has 8 unspecified atom stereocenters. The van der Waals surface area contributed by atoms with Crippen LogP contribution >= 0.6 is 0 Å². The van der Waals surface area contributed by atoms with E-state index in [2.05, 4.69) is 55.1 Å². The fourth-order valence-corrected chi connectivity index (χ4v) is 10.9. The third kappa shape index (κ3) is 8.48. The van der Waals surface area contributed by atoms with Crippen LogP contribution in [0.3, 0.4) is 0 Å². The number of carbonyl (C=O) groups excluding carboxylic acids is 2. The zero-order chi connectivity index (χ0) is 40.0. The van der Waals surface area contributed by atoms with Gasteiger partial charge in [-0.1, -0.05) is 85.4 Å². The SMILES string of the molecule is C=C1C=CC=C(C2C3CCCC4(O)CCC(=C(C)C(=O)Cc5cccc6c5CC(=O)NC6N)C(CCCO)C4(C3)C2O)COCC#CCC(C)=CCC1NCC. The Morgan fingerprint density at radius 1 is 1.23 bits per heavy atom. The van der Waals surface area contributed by atoms with E-state index < -0.39 is 23.3 Å². The maximum Gasteiger partial charge on any atom is 0.225 e. The summed E-state index contributed by atoms with van der Waals surface area (Å²) in [5, 5.41) is 42.3. The molecule has 9 heteroatoms. The highest BCUT2D eigenvalue weighted by Crippen LogP contribution is 2.67. The van der Waals surface area contributed by atoms with E-state index in [0.717, 1.165) is 59.2 Å². The van der Waals surface area contributed by atoms with Gasteiger partial charge in [-0.3, -0.25) is 9.59 Å². The molecule has 2 aliphatic heterocycles. The number of carbonyl (C=O) groups is 2.